The zero-order valence-electron chi connectivity index (χ0n) is 10.3. The van der Waals surface area contributed by atoms with Crippen LogP contribution in [0.3, 0.4) is 0 Å². The van der Waals surface area contributed by atoms with Crippen molar-refractivity contribution in [1.29, 1.82) is 0 Å². The number of rotatable bonds is 2. The molecule has 1 heterocycles. The van der Waals surface area contributed by atoms with E-state index in [1.54, 1.807) is 6.07 Å². The number of hydrogen-bond donors (Lipinski definition) is 0. The zero-order valence-corrected chi connectivity index (χ0v) is 11.1. The van der Waals surface area contributed by atoms with Crippen molar-refractivity contribution in [1.82, 2.24) is 0 Å². The lowest BCUT2D eigenvalue weighted by atomic mass is 10.1. The summed E-state index contributed by atoms with van der Waals surface area (Å²) in [5.74, 6) is -2.48. The maximum absolute atomic E-state index is 13.7. The van der Waals surface area contributed by atoms with Crippen LogP contribution in [0, 0.1) is 32.4 Å². The second kappa shape index (κ2) is 4.61. The van der Waals surface area contributed by atoms with Gasteiger partial charge in [0.1, 0.15) is 0 Å². The molecule has 0 amide bonds. The van der Waals surface area contributed by atoms with Crippen LogP contribution in [0.1, 0.15) is 31.2 Å². The quantitative estimate of drug-likeness (QED) is 0.745. The molecule has 0 saturated carbocycles. The smallest absolute Gasteiger partial charge is 0.206 e. The summed E-state index contributed by atoms with van der Waals surface area (Å²) in [4.78, 5) is 13.5. The Morgan fingerprint density at radius 1 is 1.06 bits per heavy atom. The second-order valence-corrected chi connectivity index (χ2v) is 5.49. The Bertz CT molecular complexity index is 609. The van der Waals surface area contributed by atoms with E-state index >= 15 is 0 Å². The Morgan fingerprint density at radius 3 is 2.28 bits per heavy atom. The first-order chi connectivity index (χ1) is 8.41. The molecule has 0 atom stereocenters. The van der Waals surface area contributed by atoms with Crippen LogP contribution >= 0.6 is 11.3 Å². The molecule has 0 aliphatic carbocycles. The maximum atomic E-state index is 13.7. The molecule has 0 aliphatic rings. The molecule has 0 aliphatic heterocycles. The highest BCUT2D eigenvalue weighted by atomic mass is 32.1. The zero-order chi connectivity index (χ0) is 13.4. The lowest BCUT2D eigenvalue weighted by molar-refractivity contribution is 0.103. The average Bonchev–Trinajstić information content (AvgIpc) is 2.66. The molecule has 2 aromatic rings. The number of aryl methyl sites for hydroxylation is 3. The number of hydrogen-bond acceptors (Lipinski definition) is 2. The van der Waals surface area contributed by atoms with E-state index in [2.05, 4.69) is 0 Å². The van der Waals surface area contributed by atoms with Crippen molar-refractivity contribution in [3.63, 3.8) is 0 Å². The van der Waals surface area contributed by atoms with Gasteiger partial charge in [-0.1, -0.05) is 6.07 Å². The Kier molecular flexibility index (Phi) is 3.30. The third kappa shape index (κ3) is 2.08. The summed E-state index contributed by atoms with van der Waals surface area (Å²) in [6, 6.07) is 4.46. The highest BCUT2D eigenvalue weighted by Crippen LogP contribution is 2.25. The predicted octanol–water partition coefficient (Wildman–Crippen LogP) is 4.18. The number of benzene rings is 1. The second-order valence-electron chi connectivity index (χ2n) is 4.24. The van der Waals surface area contributed by atoms with Crippen molar-refractivity contribution in [2.45, 2.75) is 20.8 Å². The van der Waals surface area contributed by atoms with E-state index in [-0.39, 0.29) is 11.1 Å². The Labute approximate surface area is 108 Å². The number of halogens is 2. The summed E-state index contributed by atoms with van der Waals surface area (Å²) < 4.78 is 27.1. The molecule has 0 fully saturated rings. The van der Waals surface area contributed by atoms with E-state index in [9.17, 15) is 13.6 Å². The standard InChI is InChI=1S/C14H12F2OS/c1-7-4-5-10(13(16)12(7)15)14(17)11-6-8(2)9(3)18-11/h4-6H,1-3H3. The summed E-state index contributed by atoms with van der Waals surface area (Å²) in [6.07, 6.45) is 0. The molecule has 1 aromatic heterocycles. The lowest BCUT2D eigenvalue weighted by Gasteiger charge is -2.03. The van der Waals surface area contributed by atoms with Gasteiger partial charge in [0.15, 0.2) is 11.6 Å². The minimum atomic E-state index is -1.07. The normalized spacial score (nSPS) is 10.7. The van der Waals surface area contributed by atoms with E-state index in [1.165, 1.54) is 30.4 Å². The van der Waals surface area contributed by atoms with Crippen LogP contribution in [0.2, 0.25) is 0 Å². The van der Waals surface area contributed by atoms with E-state index < -0.39 is 17.4 Å². The highest BCUT2D eigenvalue weighted by Gasteiger charge is 2.20. The molecule has 2 rings (SSSR count). The fourth-order valence-corrected chi connectivity index (χ4v) is 2.63. The van der Waals surface area contributed by atoms with Crippen molar-refractivity contribution in [2.24, 2.45) is 0 Å². The molecule has 94 valence electrons. The van der Waals surface area contributed by atoms with Crippen LogP contribution in [0.4, 0.5) is 8.78 Å². The largest absolute Gasteiger partial charge is 0.288 e. The molecule has 0 saturated heterocycles. The average molecular weight is 266 g/mol. The number of ketones is 1. The van der Waals surface area contributed by atoms with Crippen LogP contribution in [0.15, 0.2) is 18.2 Å². The van der Waals surface area contributed by atoms with Crippen molar-refractivity contribution >= 4 is 17.1 Å². The van der Waals surface area contributed by atoms with E-state index in [0.717, 1.165) is 10.4 Å². The molecule has 0 radical (unpaired) electrons. The van der Waals surface area contributed by atoms with Gasteiger partial charge in [0.05, 0.1) is 10.4 Å². The van der Waals surface area contributed by atoms with Gasteiger partial charge in [-0.05, 0) is 44.0 Å². The summed E-state index contributed by atoms with van der Waals surface area (Å²) in [6.45, 7) is 5.24. The van der Waals surface area contributed by atoms with Gasteiger partial charge in [0, 0.05) is 4.88 Å². The fourth-order valence-electron chi connectivity index (χ4n) is 1.64. The lowest BCUT2D eigenvalue weighted by Crippen LogP contribution is -2.05. The van der Waals surface area contributed by atoms with Crippen molar-refractivity contribution in [3.05, 3.63) is 56.3 Å². The van der Waals surface area contributed by atoms with Crippen LogP contribution in [-0.4, -0.2) is 5.78 Å². The van der Waals surface area contributed by atoms with Crippen LogP contribution in [0.25, 0.3) is 0 Å². The minimum absolute atomic E-state index is 0.197. The van der Waals surface area contributed by atoms with Gasteiger partial charge in [-0.2, -0.15) is 0 Å². The topological polar surface area (TPSA) is 17.1 Å². The third-order valence-electron chi connectivity index (χ3n) is 2.91. The summed E-state index contributed by atoms with van der Waals surface area (Å²) in [7, 11) is 0. The van der Waals surface area contributed by atoms with Crippen molar-refractivity contribution < 1.29 is 13.6 Å². The van der Waals surface area contributed by atoms with Crippen molar-refractivity contribution in [2.75, 3.05) is 0 Å². The maximum Gasteiger partial charge on any atom is 0.206 e. The summed E-state index contributed by atoms with van der Waals surface area (Å²) in [5.41, 5.74) is 0.971. The molecule has 0 bridgehead atoms. The first-order valence-electron chi connectivity index (χ1n) is 5.48. The molecule has 4 heteroatoms. The van der Waals surface area contributed by atoms with Gasteiger partial charge < -0.3 is 0 Å². The van der Waals surface area contributed by atoms with E-state index in [1.807, 2.05) is 13.8 Å². The molecule has 18 heavy (non-hydrogen) atoms. The Balaban J connectivity index is 2.50. The van der Waals surface area contributed by atoms with Crippen LogP contribution in [-0.2, 0) is 0 Å². The van der Waals surface area contributed by atoms with Crippen molar-refractivity contribution in [3.8, 4) is 0 Å². The summed E-state index contributed by atoms with van der Waals surface area (Å²) in [5, 5.41) is 0. The predicted molar refractivity (Wildman–Crippen MR) is 68.3 cm³/mol. The van der Waals surface area contributed by atoms with Gasteiger partial charge in [-0.15, -0.1) is 11.3 Å². The fraction of sp³-hybridized carbons (Fsp3) is 0.214. The first-order valence-corrected chi connectivity index (χ1v) is 6.29. The minimum Gasteiger partial charge on any atom is -0.288 e. The first kappa shape index (κ1) is 12.9. The van der Waals surface area contributed by atoms with Gasteiger partial charge >= 0.3 is 0 Å². The number of thiophene rings is 1. The molecule has 0 N–H and O–H groups in total. The third-order valence-corrected chi connectivity index (χ3v) is 4.06. The van der Waals surface area contributed by atoms with E-state index in [0.29, 0.717) is 4.88 Å². The molecule has 1 aromatic carbocycles. The number of carbonyl (C=O) groups is 1. The Hall–Kier alpha value is -1.55. The number of carbonyl (C=O) groups excluding carboxylic acids is 1. The molecule has 0 unspecified atom stereocenters. The van der Waals surface area contributed by atoms with Crippen LogP contribution < -0.4 is 0 Å². The Morgan fingerprint density at radius 2 is 1.72 bits per heavy atom. The van der Waals surface area contributed by atoms with Gasteiger partial charge in [-0.3, -0.25) is 4.79 Å². The van der Waals surface area contributed by atoms with Gasteiger partial charge in [0.25, 0.3) is 0 Å². The van der Waals surface area contributed by atoms with Gasteiger partial charge in [-0.25, -0.2) is 8.78 Å². The molecule has 0 spiro atoms. The van der Waals surface area contributed by atoms with Gasteiger partial charge in [0.2, 0.25) is 5.78 Å². The van der Waals surface area contributed by atoms with Crippen LogP contribution in [0.5, 0.6) is 0 Å². The van der Waals surface area contributed by atoms with E-state index in [4.69, 9.17) is 0 Å². The SMILES string of the molecule is Cc1cc(C(=O)c2ccc(C)c(F)c2F)sc1C. The summed E-state index contributed by atoms with van der Waals surface area (Å²) >= 11 is 1.30. The highest BCUT2D eigenvalue weighted by molar-refractivity contribution is 7.14. The molecule has 1 nitrogen and oxygen atoms in total. The molecular formula is C14H12F2OS. The monoisotopic (exact) mass is 266 g/mol. The molecular weight excluding hydrogens is 254 g/mol.